The minimum Gasteiger partial charge on any atom is -0.508 e. The Kier molecular flexibility index (Phi) is 12.4. The van der Waals surface area contributed by atoms with Crippen LogP contribution in [-0.4, -0.2) is 65.7 Å². The highest BCUT2D eigenvalue weighted by Crippen LogP contribution is 2.25. The maximum Gasteiger partial charge on any atom is 0.408 e. The molecule has 0 aromatic heterocycles. The molecule has 41 heavy (non-hydrogen) atoms. The standard InChI is InChI=1S/C31H41N3O7/c1-7-9-17-34(27(28(37)32-20-26(36)40-6)23-12-10-11-21(8-2)18-23)29(38)25(33-30(39)41-31(3,4)5)19-22-13-15-24(35)16-14-22/h8,10-16,18,25,27,35H,2,7,9,17,19-20H2,1,3-6H3,(H,32,37)(H,33,39). The first-order valence-corrected chi connectivity index (χ1v) is 13.5. The number of unbranched alkanes of at least 4 members (excludes halogenated alkanes) is 1. The first-order chi connectivity index (χ1) is 19.4. The third-order valence-corrected chi connectivity index (χ3v) is 6.06. The summed E-state index contributed by atoms with van der Waals surface area (Å²) < 4.78 is 10.1. The number of phenolic OH excluding ortho intramolecular Hbond substituents is 1. The minimum atomic E-state index is -1.12. The van der Waals surface area contributed by atoms with Crippen molar-refractivity contribution >= 4 is 30.0 Å². The number of methoxy groups -OCH3 is 1. The molecule has 0 radical (unpaired) electrons. The van der Waals surface area contributed by atoms with Crippen LogP contribution in [0, 0.1) is 0 Å². The number of alkyl carbamates (subject to hydrolysis) is 1. The predicted octanol–water partition coefficient (Wildman–Crippen LogP) is 4.13. The molecule has 0 aliphatic rings. The Bertz CT molecular complexity index is 1200. The summed E-state index contributed by atoms with van der Waals surface area (Å²) in [6.07, 6.45) is 2.22. The molecule has 2 aromatic carbocycles. The molecular formula is C31H41N3O7. The zero-order valence-electron chi connectivity index (χ0n) is 24.4. The monoisotopic (exact) mass is 567 g/mol. The molecule has 0 fully saturated rings. The minimum absolute atomic E-state index is 0.0609. The van der Waals surface area contributed by atoms with Gasteiger partial charge in [0.15, 0.2) is 0 Å². The van der Waals surface area contributed by atoms with E-state index in [1.54, 1.807) is 57.2 Å². The Morgan fingerprint density at radius 1 is 1.10 bits per heavy atom. The summed E-state index contributed by atoms with van der Waals surface area (Å²) in [6.45, 7) is 10.7. The van der Waals surface area contributed by atoms with Crippen molar-refractivity contribution < 1.29 is 33.8 Å². The Morgan fingerprint density at radius 2 is 1.78 bits per heavy atom. The zero-order chi connectivity index (χ0) is 30.6. The average molecular weight is 568 g/mol. The number of aromatic hydroxyl groups is 1. The Balaban J connectivity index is 2.57. The predicted molar refractivity (Wildman–Crippen MR) is 156 cm³/mol. The fourth-order valence-corrected chi connectivity index (χ4v) is 4.07. The van der Waals surface area contributed by atoms with E-state index >= 15 is 0 Å². The van der Waals surface area contributed by atoms with Gasteiger partial charge in [0, 0.05) is 13.0 Å². The quantitative estimate of drug-likeness (QED) is 0.310. The van der Waals surface area contributed by atoms with E-state index in [2.05, 4.69) is 21.9 Å². The molecule has 0 aliphatic carbocycles. The van der Waals surface area contributed by atoms with Gasteiger partial charge in [-0.25, -0.2) is 4.79 Å². The van der Waals surface area contributed by atoms with Crippen LogP contribution < -0.4 is 10.6 Å². The third-order valence-electron chi connectivity index (χ3n) is 6.06. The second kappa shape index (κ2) is 15.4. The molecule has 10 heteroatoms. The first-order valence-electron chi connectivity index (χ1n) is 13.5. The molecule has 0 bridgehead atoms. The van der Waals surface area contributed by atoms with Crippen LogP contribution >= 0.6 is 0 Å². The molecule has 0 saturated heterocycles. The van der Waals surface area contributed by atoms with Crippen molar-refractivity contribution in [3.63, 3.8) is 0 Å². The molecule has 3 amide bonds. The van der Waals surface area contributed by atoms with E-state index in [0.29, 0.717) is 17.5 Å². The zero-order valence-corrected chi connectivity index (χ0v) is 24.4. The van der Waals surface area contributed by atoms with Gasteiger partial charge in [-0.05, 0) is 62.1 Å². The number of carbonyl (C=O) groups is 4. The second-order valence-electron chi connectivity index (χ2n) is 10.5. The van der Waals surface area contributed by atoms with Gasteiger partial charge >= 0.3 is 12.1 Å². The summed E-state index contributed by atoms with van der Waals surface area (Å²) in [5.74, 6) is -1.67. The molecule has 0 saturated carbocycles. The van der Waals surface area contributed by atoms with Crippen LogP contribution in [-0.2, 0) is 30.3 Å². The molecule has 222 valence electrons. The molecule has 2 aromatic rings. The molecule has 2 rings (SSSR count). The van der Waals surface area contributed by atoms with Crippen LogP contribution in [0.25, 0.3) is 6.08 Å². The lowest BCUT2D eigenvalue weighted by Crippen LogP contribution is -2.54. The van der Waals surface area contributed by atoms with E-state index in [1.165, 1.54) is 24.1 Å². The number of nitrogens with zero attached hydrogens (tertiary/aromatic N) is 1. The number of phenols is 1. The van der Waals surface area contributed by atoms with Gasteiger partial charge in [-0.3, -0.25) is 14.4 Å². The lowest BCUT2D eigenvalue weighted by molar-refractivity contribution is -0.144. The number of hydrogen-bond donors (Lipinski definition) is 3. The first kappa shape index (κ1) is 32.9. The Hall–Kier alpha value is -4.34. The maximum atomic E-state index is 14.3. The average Bonchev–Trinajstić information content (AvgIpc) is 2.93. The largest absolute Gasteiger partial charge is 0.508 e. The van der Waals surface area contributed by atoms with Gasteiger partial charge in [0.05, 0.1) is 7.11 Å². The van der Waals surface area contributed by atoms with Crippen molar-refractivity contribution in [3.8, 4) is 5.75 Å². The van der Waals surface area contributed by atoms with Gasteiger partial charge < -0.3 is 30.1 Å². The van der Waals surface area contributed by atoms with E-state index in [9.17, 15) is 24.3 Å². The molecule has 0 heterocycles. The van der Waals surface area contributed by atoms with Crippen molar-refractivity contribution in [2.24, 2.45) is 0 Å². The number of hydrogen-bond acceptors (Lipinski definition) is 7. The topological polar surface area (TPSA) is 134 Å². The molecule has 2 unspecified atom stereocenters. The summed E-state index contributed by atoms with van der Waals surface area (Å²) in [6, 6.07) is 11.1. The number of carbonyl (C=O) groups excluding carboxylic acids is 4. The molecular weight excluding hydrogens is 526 g/mol. The molecule has 3 N–H and O–H groups in total. The van der Waals surface area contributed by atoms with Crippen molar-refractivity contribution in [3.05, 3.63) is 71.8 Å². The lowest BCUT2D eigenvalue weighted by atomic mass is 9.98. The van der Waals surface area contributed by atoms with Gasteiger partial charge in [0.2, 0.25) is 11.8 Å². The summed E-state index contributed by atoms with van der Waals surface area (Å²) in [5, 5.41) is 15.0. The van der Waals surface area contributed by atoms with Gasteiger partial charge in [0.25, 0.3) is 0 Å². The smallest absolute Gasteiger partial charge is 0.408 e. The number of benzene rings is 2. The number of esters is 1. The van der Waals surface area contributed by atoms with Crippen LogP contribution in [0.2, 0.25) is 0 Å². The molecule has 0 aliphatic heterocycles. The van der Waals surface area contributed by atoms with Gasteiger partial charge in [0.1, 0.15) is 30.0 Å². The van der Waals surface area contributed by atoms with Crippen molar-refractivity contribution in [2.45, 2.75) is 64.6 Å². The maximum absolute atomic E-state index is 14.3. The van der Waals surface area contributed by atoms with Crippen molar-refractivity contribution in [2.75, 3.05) is 20.2 Å². The normalized spacial score (nSPS) is 12.4. The number of ether oxygens (including phenoxy) is 2. The van der Waals surface area contributed by atoms with Crippen molar-refractivity contribution in [1.29, 1.82) is 0 Å². The number of amides is 3. The van der Waals surface area contributed by atoms with Gasteiger partial charge in [-0.2, -0.15) is 0 Å². The van der Waals surface area contributed by atoms with E-state index in [1.807, 2.05) is 13.0 Å². The van der Waals surface area contributed by atoms with Crippen LogP contribution in [0.3, 0.4) is 0 Å². The molecule has 2 atom stereocenters. The fraction of sp³-hybridized carbons (Fsp3) is 0.419. The summed E-state index contributed by atoms with van der Waals surface area (Å²) in [4.78, 5) is 54.0. The van der Waals surface area contributed by atoms with E-state index < -0.39 is 41.6 Å². The Labute approximate surface area is 241 Å². The summed E-state index contributed by atoms with van der Waals surface area (Å²) in [5.41, 5.74) is 1.12. The molecule has 10 nitrogen and oxygen atoms in total. The SMILES string of the molecule is C=Cc1cccc(C(C(=O)NCC(=O)OC)N(CCCC)C(=O)C(Cc2ccc(O)cc2)NC(=O)OC(C)(C)C)c1. The highest BCUT2D eigenvalue weighted by atomic mass is 16.6. The van der Waals surface area contributed by atoms with E-state index in [0.717, 1.165) is 12.0 Å². The third kappa shape index (κ3) is 10.6. The molecule has 0 spiro atoms. The fourth-order valence-electron chi connectivity index (χ4n) is 4.07. The van der Waals surface area contributed by atoms with E-state index in [-0.39, 0.29) is 25.3 Å². The Morgan fingerprint density at radius 3 is 2.37 bits per heavy atom. The van der Waals surface area contributed by atoms with E-state index in [4.69, 9.17) is 4.74 Å². The van der Waals surface area contributed by atoms with Crippen LogP contribution in [0.15, 0.2) is 55.1 Å². The van der Waals surface area contributed by atoms with Gasteiger partial charge in [-0.1, -0.05) is 56.3 Å². The van der Waals surface area contributed by atoms with Crippen LogP contribution in [0.1, 0.15) is 63.3 Å². The van der Waals surface area contributed by atoms with Crippen LogP contribution in [0.5, 0.6) is 5.75 Å². The van der Waals surface area contributed by atoms with Gasteiger partial charge in [-0.15, -0.1) is 0 Å². The van der Waals surface area contributed by atoms with Crippen LogP contribution in [0.4, 0.5) is 4.79 Å². The highest BCUT2D eigenvalue weighted by molar-refractivity contribution is 5.93. The van der Waals surface area contributed by atoms with Crippen molar-refractivity contribution in [1.82, 2.24) is 15.5 Å². The summed E-state index contributed by atoms with van der Waals surface area (Å²) >= 11 is 0. The highest BCUT2D eigenvalue weighted by Gasteiger charge is 2.36. The second-order valence-corrected chi connectivity index (χ2v) is 10.5. The number of nitrogens with one attached hydrogen (secondary N) is 2. The number of rotatable bonds is 13. The summed E-state index contributed by atoms with van der Waals surface area (Å²) in [7, 11) is 1.22. The lowest BCUT2D eigenvalue weighted by Gasteiger charge is -2.34.